The molecule has 0 aliphatic heterocycles. The van der Waals surface area contributed by atoms with Crippen molar-refractivity contribution in [3.05, 3.63) is 88.7 Å². The molecular formula is C25H22N2O4S. The lowest BCUT2D eigenvalue weighted by Crippen LogP contribution is -2.27. The van der Waals surface area contributed by atoms with Gasteiger partial charge < -0.3 is 14.4 Å². The van der Waals surface area contributed by atoms with Gasteiger partial charge in [-0.25, -0.2) is 4.79 Å². The van der Waals surface area contributed by atoms with Crippen LogP contribution in [0.2, 0.25) is 0 Å². The van der Waals surface area contributed by atoms with Crippen molar-refractivity contribution in [3.8, 4) is 11.5 Å². The lowest BCUT2D eigenvalue weighted by atomic mass is 10.1. The minimum atomic E-state index is -0.971. The van der Waals surface area contributed by atoms with E-state index >= 15 is 0 Å². The molecule has 3 aromatic carbocycles. The molecule has 0 aliphatic rings. The quantitative estimate of drug-likeness (QED) is 0.419. The maximum atomic E-state index is 12.8. The van der Waals surface area contributed by atoms with Gasteiger partial charge in [-0.15, -0.1) is 0 Å². The summed E-state index contributed by atoms with van der Waals surface area (Å²) in [5.74, 6) is -0.0584. The number of thiazole rings is 1. The number of nitrogens with zero attached hydrogens (tertiary/aromatic N) is 2. The molecule has 1 heterocycles. The lowest BCUT2D eigenvalue weighted by Gasteiger charge is -2.13. The van der Waals surface area contributed by atoms with Gasteiger partial charge in [-0.1, -0.05) is 54.2 Å². The Morgan fingerprint density at radius 1 is 1.03 bits per heavy atom. The van der Waals surface area contributed by atoms with Crippen molar-refractivity contribution in [2.75, 3.05) is 0 Å². The molecule has 0 saturated carbocycles. The Hall–Kier alpha value is -3.71. The van der Waals surface area contributed by atoms with Crippen molar-refractivity contribution >= 4 is 33.4 Å². The Labute approximate surface area is 189 Å². The third-order valence-corrected chi connectivity index (χ3v) is 6.07. The van der Waals surface area contributed by atoms with Crippen LogP contribution in [-0.4, -0.2) is 21.6 Å². The van der Waals surface area contributed by atoms with Crippen molar-refractivity contribution in [3.63, 3.8) is 0 Å². The first kappa shape index (κ1) is 21.5. The molecular weight excluding hydrogens is 424 g/mol. The predicted octanol–water partition coefficient (Wildman–Crippen LogP) is 5.58. The van der Waals surface area contributed by atoms with Gasteiger partial charge in [-0.2, -0.15) is 4.99 Å². The molecule has 1 amide bonds. The Morgan fingerprint density at radius 3 is 2.41 bits per heavy atom. The molecule has 1 N–H and O–H groups in total. The molecule has 0 spiro atoms. The molecule has 162 valence electrons. The number of aromatic nitrogens is 1. The predicted molar refractivity (Wildman–Crippen MR) is 124 cm³/mol. The topological polar surface area (TPSA) is 80.9 Å². The van der Waals surface area contributed by atoms with Crippen LogP contribution in [0.1, 0.15) is 35.3 Å². The molecule has 4 aromatic rings. The molecule has 7 heteroatoms. The van der Waals surface area contributed by atoms with Crippen LogP contribution in [0.15, 0.2) is 77.8 Å². The fourth-order valence-electron chi connectivity index (χ4n) is 3.41. The minimum absolute atomic E-state index is 0.344. The first-order valence-corrected chi connectivity index (χ1v) is 11.0. The van der Waals surface area contributed by atoms with Crippen LogP contribution >= 0.6 is 11.3 Å². The second kappa shape index (κ2) is 9.20. The third kappa shape index (κ3) is 4.48. The highest BCUT2D eigenvalue weighted by Crippen LogP contribution is 2.29. The van der Waals surface area contributed by atoms with Gasteiger partial charge in [0.25, 0.3) is 5.91 Å². The Kier molecular flexibility index (Phi) is 6.18. The number of rotatable bonds is 6. The number of aryl methyl sites for hydroxylation is 1. The van der Waals surface area contributed by atoms with Crippen molar-refractivity contribution in [2.24, 2.45) is 4.99 Å². The number of benzene rings is 3. The Morgan fingerprint density at radius 2 is 1.75 bits per heavy atom. The maximum absolute atomic E-state index is 12.8. The highest BCUT2D eigenvalue weighted by atomic mass is 32.1. The number of hydrogen-bond acceptors (Lipinski definition) is 4. The monoisotopic (exact) mass is 446 g/mol. The summed E-state index contributed by atoms with van der Waals surface area (Å²) in [7, 11) is 0. The average molecular weight is 447 g/mol. The summed E-state index contributed by atoms with van der Waals surface area (Å²) in [5, 5.41) is 9.79. The summed E-state index contributed by atoms with van der Waals surface area (Å²) in [6, 6.07) is 21.1. The van der Waals surface area contributed by atoms with Crippen LogP contribution in [0, 0.1) is 6.92 Å². The number of aliphatic carboxylic acids is 1. The fourth-order valence-corrected chi connectivity index (χ4v) is 4.50. The van der Waals surface area contributed by atoms with Crippen LogP contribution < -0.4 is 9.54 Å². The zero-order valence-electron chi connectivity index (χ0n) is 17.7. The molecule has 0 saturated heterocycles. The van der Waals surface area contributed by atoms with Gasteiger partial charge in [0.1, 0.15) is 17.5 Å². The van der Waals surface area contributed by atoms with E-state index in [1.54, 1.807) is 29.7 Å². The van der Waals surface area contributed by atoms with E-state index in [2.05, 4.69) is 4.99 Å². The van der Waals surface area contributed by atoms with Gasteiger partial charge in [-0.05, 0) is 49.7 Å². The van der Waals surface area contributed by atoms with Crippen molar-refractivity contribution in [1.82, 2.24) is 4.57 Å². The Bertz CT molecular complexity index is 1340. The second-order valence-corrected chi connectivity index (χ2v) is 8.35. The van der Waals surface area contributed by atoms with Crippen molar-refractivity contribution in [1.29, 1.82) is 0 Å². The number of hydrogen-bond donors (Lipinski definition) is 1. The fraction of sp³-hybridized carbons (Fsp3) is 0.160. The largest absolute Gasteiger partial charge is 0.480 e. The number of para-hydroxylation sites is 1. The molecule has 0 bridgehead atoms. The molecule has 6 nitrogen and oxygen atoms in total. The van der Waals surface area contributed by atoms with E-state index in [0.717, 1.165) is 10.3 Å². The highest BCUT2D eigenvalue weighted by molar-refractivity contribution is 7.16. The number of carboxylic acid groups (broad SMARTS) is 1. The van der Waals surface area contributed by atoms with Crippen LogP contribution in [0.5, 0.6) is 11.5 Å². The third-order valence-electron chi connectivity index (χ3n) is 5.06. The summed E-state index contributed by atoms with van der Waals surface area (Å²) < 4.78 is 8.33. The molecule has 0 radical (unpaired) electrons. The van der Waals surface area contributed by atoms with Crippen LogP contribution in [0.4, 0.5) is 0 Å². The highest BCUT2D eigenvalue weighted by Gasteiger charge is 2.22. The zero-order valence-corrected chi connectivity index (χ0v) is 18.5. The standard InChI is InChI=1S/C25H22N2O4S/c1-3-20(24(29)30)27-21-14-13-19(31-18-7-5-4-6-8-18)15-22(21)32-25(27)26-23(28)17-11-9-16(2)10-12-17/h4-15,20H,3H2,1-2H3,(H,29,30). The van der Waals surface area contributed by atoms with Crippen LogP contribution in [0.25, 0.3) is 10.2 Å². The number of ether oxygens (including phenoxy) is 1. The normalized spacial score (nSPS) is 12.6. The van der Waals surface area contributed by atoms with Gasteiger partial charge in [0, 0.05) is 11.6 Å². The summed E-state index contributed by atoms with van der Waals surface area (Å²) in [6.07, 6.45) is 0.356. The number of carbonyl (C=O) groups excluding carboxylic acids is 1. The second-order valence-electron chi connectivity index (χ2n) is 7.34. The summed E-state index contributed by atoms with van der Waals surface area (Å²) >= 11 is 1.27. The van der Waals surface area contributed by atoms with Crippen LogP contribution in [0.3, 0.4) is 0 Å². The minimum Gasteiger partial charge on any atom is -0.480 e. The van der Waals surface area contributed by atoms with E-state index in [4.69, 9.17) is 4.74 Å². The van der Waals surface area contributed by atoms with Crippen LogP contribution in [-0.2, 0) is 4.79 Å². The van der Waals surface area contributed by atoms with Crippen molar-refractivity contribution in [2.45, 2.75) is 26.3 Å². The molecule has 1 atom stereocenters. The maximum Gasteiger partial charge on any atom is 0.326 e. The first-order valence-electron chi connectivity index (χ1n) is 10.2. The molecule has 4 rings (SSSR count). The van der Waals surface area contributed by atoms with Gasteiger partial charge >= 0.3 is 5.97 Å². The summed E-state index contributed by atoms with van der Waals surface area (Å²) in [6.45, 7) is 3.74. The number of amides is 1. The van der Waals surface area contributed by atoms with Gasteiger partial charge in [-0.3, -0.25) is 4.79 Å². The molecule has 1 unspecified atom stereocenters. The molecule has 32 heavy (non-hydrogen) atoms. The number of carboxylic acids is 1. The van der Waals surface area contributed by atoms with E-state index < -0.39 is 17.9 Å². The van der Waals surface area contributed by atoms with E-state index in [1.165, 1.54) is 11.3 Å². The molecule has 0 fully saturated rings. The van der Waals surface area contributed by atoms with E-state index in [1.807, 2.05) is 61.5 Å². The SMILES string of the molecule is CCC(C(=O)O)n1c(=NC(=O)c2ccc(C)cc2)sc2cc(Oc3ccccc3)ccc21. The average Bonchev–Trinajstić information content (AvgIpc) is 3.12. The van der Waals surface area contributed by atoms with E-state index in [9.17, 15) is 14.7 Å². The van der Waals surface area contributed by atoms with Gasteiger partial charge in [0.15, 0.2) is 4.80 Å². The first-order chi connectivity index (χ1) is 15.5. The van der Waals surface area contributed by atoms with Gasteiger partial charge in [0.2, 0.25) is 0 Å². The molecule has 1 aromatic heterocycles. The van der Waals surface area contributed by atoms with E-state index in [0.29, 0.717) is 33.8 Å². The zero-order chi connectivity index (χ0) is 22.7. The lowest BCUT2D eigenvalue weighted by molar-refractivity contribution is -0.140. The summed E-state index contributed by atoms with van der Waals surface area (Å²) in [4.78, 5) is 29.4. The Balaban J connectivity index is 1.83. The van der Waals surface area contributed by atoms with E-state index in [-0.39, 0.29) is 0 Å². The number of carbonyl (C=O) groups is 2. The number of fused-ring (bicyclic) bond motifs is 1. The van der Waals surface area contributed by atoms with Crippen molar-refractivity contribution < 1.29 is 19.4 Å². The van der Waals surface area contributed by atoms with Gasteiger partial charge in [0.05, 0.1) is 10.2 Å². The summed E-state index contributed by atoms with van der Waals surface area (Å²) in [5.41, 5.74) is 2.19. The molecule has 0 aliphatic carbocycles. The smallest absolute Gasteiger partial charge is 0.326 e.